The molecule has 0 aliphatic carbocycles. The zero-order valence-electron chi connectivity index (χ0n) is 10.0. The minimum atomic E-state index is -4.65. The van der Waals surface area contributed by atoms with Crippen LogP contribution < -0.4 is 5.32 Å². The molecule has 2 heterocycles. The molecule has 0 aliphatic heterocycles. The van der Waals surface area contributed by atoms with Crippen molar-refractivity contribution < 1.29 is 18.0 Å². The Kier molecular flexibility index (Phi) is 3.43. The Labute approximate surface area is 109 Å². The molecule has 19 heavy (non-hydrogen) atoms. The number of nitrogens with zero attached hydrogens (tertiary/aromatic N) is 4. The number of carbonyl (C=O) groups is 1. The maximum Gasteiger partial charge on any atom is 0.453 e. The van der Waals surface area contributed by atoms with Crippen LogP contribution >= 0.6 is 11.3 Å². The molecule has 10 heteroatoms. The van der Waals surface area contributed by atoms with E-state index in [4.69, 9.17) is 0 Å². The van der Waals surface area contributed by atoms with Gasteiger partial charge in [0, 0.05) is 6.54 Å². The Morgan fingerprint density at radius 3 is 2.68 bits per heavy atom. The number of rotatable bonds is 3. The van der Waals surface area contributed by atoms with Gasteiger partial charge >= 0.3 is 6.18 Å². The lowest BCUT2D eigenvalue weighted by Crippen LogP contribution is -2.27. The van der Waals surface area contributed by atoms with E-state index in [-0.39, 0.29) is 15.9 Å². The van der Waals surface area contributed by atoms with Gasteiger partial charge in [-0.1, -0.05) is 25.2 Å². The number of carbonyl (C=O) groups excluding carboxylic acids is 1. The SMILES string of the molecule is CC(C)CNC(=O)c1nn2c(C(F)(F)F)nnc2s1. The van der Waals surface area contributed by atoms with Gasteiger partial charge in [-0.2, -0.15) is 17.7 Å². The summed E-state index contributed by atoms with van der Waals surface area (Å²) in [6, 6.07) is 0. The first kappa shape index (κ1) is 13.7. The van der Waals surface area contributed by atoms with Crippen LogP contribution in [0.5, 0.6) is 0 Å². The van der Waals surface area contributed by atoms with Gasteiger partial charge in [-0.05, 0) is 5.92 Å². The van der Waals surface area contributed by atoms with Crippen LogP contribution in [0.15, 0.2) is 0 Å². The van der Waals surface area contributed by atoms with Crippen molar-refractivity contribution in [1.82, 2.24) is 25.1 Å². The largest absolute Gasteiger partial charge is 0.453 e. The predicted molar refractivity (Wildman–Crippen MR) is 60.8 cm³/mol. The van der Waals surface area contributed by atoms with Gasteiger partial charge in [-0.3, -0.25) is 4.79 Å². The van der Waals surface area contributed by atoms with Gasteiger partial charge < -0.3 is 5.32 Å². The highest BCUT2D eigenvalue weighted by atomic mass is 32.1. The van der Waals surface area contributed by atoms with E-state index in [2.05, 4.69) is 20.6 Å². The second kappa shape index (κ2) is 4.76. The number of hydrogen-bond donors (Lipinski definition) is 1. The summed E-state index contributed by atoms with van der Waals surface area (Å²) in [6.07, 6.45) is -4.65. The molecule has 0 fully saturated rings. The lowest BCUT2D eigenvalue weighted by atomic mass is 10.2. The molecule has 1 N–H and O–H groups in total. The number of aromatic nitrogens is 4. The van der Waals surface area contributed by atoms with Crippen LogP contribution in [0.3, 0.4) is 0 Å². The number of alkyl halides is 3. The standard InChI is InChI=1S/C9H10F3N5OS/c1-4(2)3-13-5(18)6-16-17-7(9(10,11)12)14-15-8(17)19-6/h4H,3H2,1-2H3,(H,13,18). The normalized spacial score (nSPS) is 12.3. The van der Waals surface area contributed by atoms with Crippen LogP contribution in [0.4, 0.5) is 13.2 Å². The summed E-state index contributed by atoms with van der Waals surface area (Å²) in [6.45, 7) is 4.23. The van der Waals surface area contributed by atoms with Crippen molar-refractivity contribution in [3.05, 3.63) is 10.8 Å². The van der Waals surface area contributed by atoms with Gasteiger partial charge in [0.1, 0.15) is 0 Å². The quantitative estimate of drug-likeness (QED) is 0.932. The zero-order valence-corrected chi connectivity index (χ0v) is 10.8. The van der Waals surface area contributed by atoms with E-state index in [1.807, 2.05) is 13.8 Å². The van der Waals surface area contributed by atoms with Crippen LogP contribution in [0.2, 0.25) is 0 Å². The minimum Gasteiger partial charge on any atom is -0.350 e. The lowest BCUT2D eigenvalue weighted by Gasteiger charge is -2.04. The molecule has 0 aromatic carbocycles. The highest BCUT2D eigenvalue weighted by molar-refractivity contribution is 7.18. The first-order chi connectivity index (χ1) is 8.79. The van der Waals surface area contributed by atoms with E-state index in [9.17, 15) is 18.0 Å². The van der Waals surface area contributed by atoms with E-state index >= 15 is 0 Å². The van der Waals surface area contributed by atoms with Gasteiger partial charge in [0.15, 0.2) is 0 Å². The third-order valence-corrected chi connectivity index (χ3v) is 3.01. The molecule has 104 valence electrons. The Morgan fingerprint density at radius 2 is 2.11 bits per heavy atom. The maximum absolute atomic E-state index is 12.6. The molecule has 2 rings (SSSR count). The molecule has 2 aromatic rings. The molecule has 0 unspecified atom stereocenters. The van der Waals surface area contributed by atoms with Crippen LogP contribution in [-0.2, 0) is 6.18 Å². The molecule has 0 saturated carbocycles. The number of fused-ring (bicyclic) bond motifs is 1. The third-order valence-electron chi connectivity index (χ3n) is 2.11. The van der Waals surface area contributed by atoms with Crippen molar-refractivity contribution in [3.63, 3.8) is 0 Å². The van der Waals surface area contributed by atoms with E-state index in [1.54, 1.807) is 0 Å². The van der Waals surface area contributed by atoms with E-state index in [1.165, 1.54) is 0 Å². The molecule has 0 bridgehead atoms. The van der Waals surface area contributed by atoms with Crippen LogP contribution in [0.1, 0.15) is 29.5 Å². The van der Waals surface area contributed by atoms with Crippen LogP contribution in [0, 0.1) is 5.92 Å². The van der Waals surface area contributed by atoms with Crippen molar-refractivity contribution in [2.45, 2.75) is 20.0 Å². The second-order valence-corrected chi connectivity index (χ2v) is 5.18. The lowest BCUT2D eigenvalue weighted by molar-refractivity contribution is -0.146. The van der Waals surface area contributed by atoms with Gasteiger partial charge in [-0.25, -0.2) is 0 Å². The summed E-state index contributed by atoms with van der Waals surface area (Å²) in [7, 11) is 0. The zero-order chi connectivity index (χ0) is 14.2. The summed E-state index contributed by atoms with van der Waals surface area (Å²) in [5.74, 6) is -1.51. The van der Waals surface area contributed by atoms with Crippen molar-refractivity contribution in [1.29, 1.82) is 0 Å². The molecule has 6 nitrogen and oxygen atoms in total. The van der Waals surface area contributed by atoms with Gasteiger partial charge in [-0.15, -0.1) is 15.3 Å². The summed E-state index contributed by atoms with van der Waals surface area (Å²) < 4.78 is 38.2. The Hall–Kier alpha value is -1.71. The van der Waals surface area contributed by atoms with Crippen molar-refractivity contribution >= 4 is 22.2 Å². The third kappa shape index (κ3) is 2.83. The predicted octanol–water partition coefficient (Wildman–Crippen LogP) is 1.59. The smallest absolute Gasteiger partial charge is 0.350 e. The Balaban J connectivity index is 2.27. The first-order valence-corrected chi connectivity index (χ1v) is 6.18. The Morgan fingerprint density at radius 1 is 1.42 bits per heavy atom. The molecule has 0 radical (unpaired) electrons. The topological polar surface area (TPSA) is 72.2 Å². The molecule has 0 saturated heterocycles. The summed E-state index contributed by atoms with van der Waals surface area (Å²) in [4.78, 5) is 11.6. The van der Waals surface area contributed by atoms with Crippen molar-refractivity contribution in [3.8, 4) is 0 Å². The monoisotopic (exact) mass is 293 g/mol. The van der Waals surface area contributed by atoms with E-state index in [0.717, 1.165) is 11.3 Å². The average Bonchev–Trinajstić information content (AvgIpc) is 2.82. The highest BCUT2D eigenvalue weighted by Crippen LogP contribution is 2.28. The summed E-state index contributed by atoms with van der Waals surface area (Å²) in [5.41, 5.74) is 0. The van der Waals surface area contributed by atoms with Gasteiger partial charge in [0.2, 0.25) is 9.97 Å². The summed E-state index contributed by atoms with van der Waals surface area (Å²) >= 11 is 0.760. The van der Waals surface area contributed by atoms with Crippen LogP contribution in [0.25, 0.3) is 4.96 Å². The molecule has 2 aromatic heterocycles. The number of nitrogens with one attached hydrogen (secondary N) is 1. The number of halogens is 3. The fourth-order valence-corrected chi connectivity index (χ4v) is 2.01. The van der Waals surface area contributed by atoms with E-state index < -0.39 is 17.9 Å². The van der Waals surface area contributed by atoms with Crippen LogP contribution in [-0.4, -0.2) is 32.3 Å². The van der Waals surface area contributed by atoms with Gasteiger partial charge in [0.25, 0.3) is 11.7 Å². The fourth-order valence-electron chi connectivity index (χ4n) is 1.26. The van der Waals surface area contributed by atoms with Crippen molar-refractivity contribution in [2.75, 3.05) is 6.54 Å². The first-order valence-electron chi connectivity index (χ1n) is 5.36. The van der Waals surface area contributed by atoms with E-state index in [0.29, 0.717) is 11.1 Å². The second-order valence-electron chi connectivity index (χ2n) is 4.23. The number of hydrogen-bond acceptors (Lipinski definition) is 5. The van der Waals surface area contributed by atoms with Crippen molar-refractivity contribution in [2.24, 2.45) is 5.92 Å². The molecular weight excluding hydrogens is 283 g/mol. The molecular formula is C9H10F3N5OS. The molecule has 0 atom stereocenters. The molecule has 0 spiro atoms. The minimum absolute atomic E-state index is 0.0676. The average molecular weight is 293 g/mol. The molecule has 1 amide bonds. The highest BCUT2D eigenvalue weighted by Gasteiger charge is 2.38. The fraction of sp³-hybridized carbons (Fsp3) is 0.556. The number of amides is 1. The Bertz CT molecular complexity index is 603. The molecule has 0 aliphatic rings. The maximum atomic E-state index is 12.6. The summed E-state index contributed by atoms with van der Waals surface area (Å²) in [5, 5.41) is 12.5. The van der Waals surface area contributed by atoms with Gasteiger partial charge in [0.05, 0.1) is 0 Å².